The fraction of sp³-hybridized carbons (Fsp3) is 0.353. The molecule has 23 heavy (non-hydrogen) atoms. The quantitative estimate of drug-likeness (QED) is 0.940. The van der Waals surface area contributed by atoms with Gasteiger partial charge in [0.25, 0.3) is 5.91 Å². The Kier molecular flexibility index (Phi) is 4.71. The van der Waals surface area contributed by atoms with Gasteiger partial charge in [-0.25, -0.2) is 0 Å². The summed E-state index contributed by atoms with van der Waals surface area (Å²) in [5.41, 5.74) is 1.18. The van der Waals surface area contributed by atoms with E-state index in [1.807, 2.05) is 23.1 Å². The predicted octanol–water partition coefficient (Wildman–Crippen LogP) is 2.15. The topological polar surface area (TPSA) is 67.2 Å². The second-order valence-corrected chi connectivity index (χ2v) is 5.69. The van der Waals surface area contributed by atoms with Crippen molar-refractivity contribution in [1.29, 1.82) is 0 Å². The van der Waals surface area contributed by atoms with Gasteiger partial charge < -0.3 is 10.2 Å². The Hall–Kier alpha value is -2.63. The van der Waals surface area contributed by atoms with Crippen LogP contribution in [0.1, 0.15) is 29.6 Å². The molecule has 0 unspecified atom stereocenters. The highest BCUT2D eigenvalue weighted by Crippen LogP contribution is 2.11. The lowest BCUT2D eigenvalue weighted by Crippen LogP contribution is -2.37. The zero-order valence-corrected chi connectivity index (χ0v) is 12.9. The summed E-state index contributed by atoms with van der Waals surface area (Å²) in [4.78, 5) is 26.2. The van der Waals surface area contributed by atoms with E-state index < -0.39 is 0 Å². The third kappa shape index (κ3) is 3.97. The molecule has 120 valence electrons. The summed E-state index contributed by atoms with van der Waals surface area (Å²) in [6, 6.07) is 8.99. The molecule has 1 aromatic heterocycles. The van der Waals surface area contributed by atoms with Gasteiger partial charge in [0.05, 0.1) is 11.9 Å². The minimum atomic E-state index is -0.187. The average molecular weight is 312 g/mol. The largest absolute Gasteiger partial charge is 0.341 e. The number of hydrogen-bond acceptors (Lipinski definition) is 3. The van der Waals surface area contributed by atoms with Gasteiger partial charge in [-0.1, -0.05) is 18.2 Å². The van der Waals surface area contributed by atoms with E-state index in [1.165, 1.54) is 6.42 Å². The number of nitrogens with zero attached hydrogens (tertiary/aromatic N) is 3. The first-order valence-electron chi connectivity index (χ1n) is 7.89. The van der Waals surface area contributed by atoms with Crippen LogP contribution in [0.25, 0.3) is 0 Å². The summed E-state index contributed by atoms with van der Waals surface area (Å²) < 4.78 is 1.57. The van der Waals surface area contributed by atoms with Gasteiger partial charge in [-0.3, -0.25) is 14.3 Å². The lowest BCUT2D eigenvalue weighted by Gasteiger charge is -2.26. The van der Waals surface area contributed by atoms with Gasteiger partial charge in [0.15, 0.2) is 0 Å². The van der Waals surface area contributed by atoms with Crippen molar-refractivity contribution < 1.29 is 9.59 Å². The molecule has 0 radical (unpaired) electrons. The number of likely N-dealkylation sites (tertiary alicyclic amines) is 1. The smallest absolute Gasteiger partial charge is 0.255 e. The molecule has 1 aliphatic heterocycles. The van der Waals surface area contributed by atoms with Crippen LogP contribution in [-0.2, 0) is 11.3 Å². The number of aromatic nitrogens is 2. The molecule has 2 amide bonds. The highest BCUT2D eigenvalue weighted by atomic mass is 16.2. The second-order valence-electron chi connectivity index (χ2n) is 5.69. The Bertz CT molecular complexity index is 675. The Balaban J connectivity index is 1.57. The molecular formula is C17H20N4O2. The zero-order chi connectivity index (χ0) is 16.1. The Morgan fingerprint density at radius 2 is 1.83 bits per heavy atom. The molecule has 0 aliphatic carbocycles. The number of benzene rings is 1. The van der Waals surface area contributed by atoms with Gasteiger partial charge in [0, 0.05) is 24.8 Å². The van der Waals surface area contributed by atoms with Gasteiger partial charge in [0.2, 0.25) is 5.91 Å². The van der Waals surface area contributed by atoms with Crippen LogP contribution in [0.15, 0.2) is 42.7 Å². The van der Waals surface area contributed by atoms with E-state index in [0.717, 1.165) is 25.9 Å². The molecule has 6 nitrogen and oxygen atoms in total. The fourth-order valence-electron chi connectivity index (χ4n) is 2.69. The van der Waals surface area contributed by atoms with Crippen molar-refractivity contribution in [3.8, 4) is 0 Å². The Labute approximate surface area is 135 Å². The van der Waals surface area contributed by atoms with Crippen LogP contribution >= 0.6 is 0 Å². The SMILES string of the molecule is O=C(Nc1cnn(CC(=O)N2CCCCC2)c1)c1ccccc1. The summed E-state index contributed by atoms with van der Waals surface area (Å²) in [7, 11) is 0. The molecule has 2 aromatic rings. The number of hydrogen-bond donors (Lipinski definition) is 1. The van der Waals surface area contributed by atoms with Crippen molar-refractivity contribution in [2.24, 2.45) is 0 Å². The molecule has 1 saturated heterocycles. The van der Waals surface area contributed by atoms with Gasteiger partial charge in [0.1, 0.15) is 6.54 Å². The average Bonchev–Trinajstić information content (AvgIpc) is 3.03. The third-order valence-electron chi connectivity index (χ3n) is 3.93. The third-order valence-corrected chi connectivity index (χ3v) is 3.93. The van der Waals surface area contributed by atoms with E-state index in [4.69, 9.17) is 0 Å². The van der Waals surface area contributed by atoms with Crippen molar-refractivity contribution in [3.63, 3.8) is 0 Å². The van der Waals surface area contributed by atoms with Crippen molar-refractivity contribution in [2.45, 2.75) is 25.8 Å². The van der Waals surface area contributed by atoms with E-state index in [2.05, 4.69) is 10.4 Å². The number of carbonyl (C=O) groups excluding carboxylic acids is 2. The van der Waals surface area contributed by atoms with Gasteiger partial charge in [-0.2, -0.15) is 5.10 Å². The van der Waals surface area contributed by atoms with Gasteiger partial charge in [-0.15, -0.1) is 0 Å². The van der Waals surface area contributed by atoms with Crippen LogP contribution in [0.2, 0.25) is 0 Å². The molecule has 1 N–H and O–H groups in total. The minimum Gasteiger partial charge on any atom is -0.341 e. The summed E-state index contributed by atoms with van der Waals surface area (Å²) in [6.07, 6.45) is 6.58. The minimum absolute atomic E-state index is 0.0775. The molecule has 0 bridgehead atoms. The number of anilines is 1. The van der Waals surface area contributed by atoms with E-state index in [-0.39, 0.29) is 18.4 Å². The molecule has 3 rings (SSSR count). The van der Waals surface area contributed by atoms with E-state index in [9.17, 15) is 9.59 Å². The lowest BCUT2D eigenvalue weighted by molar-refractivity contribution is -0.132. The number of rotatable bonds is 4. The number of carbonyl (C=O) groups is 2. The van der Waals surface area contributed by atoms with E-state index in [1.54, 1.807) is 29.2 Å². The highest BCUT2D eigenvalue weighted by molar-refractivity contribution is 6.04. The van der Waals surface area contributed by atoms with E-state index >= 15 is 0 Å². The first-order chi connectivity index (χ1) is 11.2. The van der Waals surface area contributed by atoms with Crippen molar-refractivity contribution in [3.05, 3.63) is 48.3 Å². The Morgan fingerprint density at radius 3 is 2.57 bits per heavy atom. The summed E-state index contributed by atoms with van der Waals surface area (Å²) >= 11 is 0. The standard InChI is InChI=1S/C17H20N4O2/c22-16(20-9-5-2-6-10-20)13-21-12-15(11-18-21)19-17(23)14-7-3-1-4-8-14/h1,3-4,7-8,11-12H,2,5-6,9-10,13H2,(H,19,23). The summed E-state index contributed by atoms with van der Waals surface area (Å²) in [5.74, 6) is -0.110. The van der Waals surface area contributed by atoms with Crippen LogP contribution in [0.4, 0.5) is 5.69 Å². The van der Waals surface area contributed by atoms with Crippen LogP contribution in [0, 0.1) is 0 Å². The maximum Gasteiger partial charge on any atom is 0.255 e. The number of piperidine rings is 1. The molecule has 0 atom stereocenters. The molecular weight excluding hydrogens is 292 g/mol. The molecule has 2 heterocycles. The van der Waals surface area contributed by atoms with Crippen LogP contribution < -0.4 is 5.32 Å². The van der Waals surface area contributed by atoms with Crippen molar-refractivity contribution >= 4 is 17.5 Å². The predicted molar refractivity (Wildman–Crippen MR) is 87.1 cm³/mol. The lowest BCUT2D eigenvalue weighted by atomic mass is 10.1. The van der Waals surface area contributed by atoms with Crippen LogP contribution in [0.3, 0.4) is 0 Å². The molecule has 6 heteroatoms. The van der Waals surface area contributed by atoms with Crippen LogP contribution in [0.5, 0.6) is 0 Å². The molecule has 0 saturated carbocycles. The van der Waals surface area contributed by atoms with Crippen molar-refractivity contribution in [1.82, 2.24) is 14.7 Å². The molecule has 1 aromatic carbocycles. The molecule has 0 spiro atoms. The van der Waals surface area contributed by atoms with Crippen molar-refractivity contribution in [2.75, 3.05) is 18.4 Å². The maximum atomic E-state index is 12.2. The summed E-state index contributed by atoms with van der Waals surface area (Å²) in [5, 5.41) is 6.94. The second kappa shape index (κ2) is 7.09. The van der Waals surface area contributed by atoms with Gasteiger partial charge >= 0.3 is 0 Å². The fourth-order valence-corrected chi connectivity index (χ4v) is 2.69. The molecule has 1 aliphatic rings. The van der Waals surface area contributed by atoms with Gasteiger partial charge in [-0.05, 0) is 31.4 Å². The Morgan fingerprint density at radius 1 is 1.09 bits per heavy atom. The maximum absolute atomic E-state index is 12.2. The van der Waals surface area contributed by atoms with Crippen LogP contribution in [-0.4, -0.2) is 39.6 Å². The first-order valence-corrected chi connectivity index (χ1v) is 7.89. The van der Waals surface area contributed by atoms with E-state index in [0.29, 0.717) is 11.3 Å². The first kappa shape index (κ1) is 15.3. The zero-order valence-electron chi connectivity index (χ0n) is 12.9. The number of nitrogens with one attached hydrogen (secondary N) is 1. The normalized spacial score (nSPS) is 14.5. The number of amides is 2. The monoisotopic (exact) mass is 312 g/mol. The molecule has 1 fully saturated rings. The summed E-state index contributed by atoms with van der Waals surface area (Å²) in [6.45, 7) is 1.87. The highest BCUT2D eigenvalue weighted by Gasteiger charge is 2.17.